The van der Waals surface area contributed by atoms with E-state index in [1.54, 1.807) is 6.92 Å². The lowest BCUT2D eigenvalue weighted by Gasteiger charge is -2.36. The van der Waals surface area contributed by atoms with Crippen LogP contribution < -0.4 is 10.2 Å². The summed E-state index contributed by atoms with van der Waals surface area (Å²) in [7, 11) is 0. The van der Waals surface area contributed by atoms with Gasteiger partial charge >= 0.3 is 5.97 Å². The number of likely N-dealkylation sites (N-methyl/N-ethyl adjacent to an activating group) is 1. The SMILES string of the molecule is CCOC(=O)/C(C#N)=C/Nc1ccccc1N1CCN(CC)CC1. The number of hydrogen-bond donors (Lipinski definition) is 1. The molecule has 0 aromatic heterocycles. The van der Waals surface area contributed by atoms with Crippen molar-refractivity contribution in [2.75, 3.05) is 49.5 Å². The molecule has 0 radical (unpaired) electrons. The van der Waals surface area contributed by atoms with Crippen LogP contribution in [0, 0.1) is 11.3 Å². The number of hydrogen-bond acceptors (Lipinski definition) is 6. The monoisotopic (exact) mass is 328 g/mol. The number of para-hydroxylation sites is 2. The fourth-order valence-corrected chi connectivity index (χ4v) is 2.67. The van der Waals surface area contributed by atoms with Crippen LogP contribution in [0.25, 0.3) is 0 Å². The Balaban J connectivity index is 2.12. The highest BCUT2D eigenvalue weighted by Crippen LogP contribution is 2.26. The number of piperazine rings is 1. The van der Waals surface area contributed by atoms with Gasteiger partial charge in [0.05, 0.1) is 18.0 Å². The van der Waals surface area contributed by atoms with Crippen molar-refractivity contribution in [3.05, 3.63) is 36.0 Å². The molecule has 1 fully saturated rings. The highest BCUT2D eigenvalue weighted by molar-refractivity contribution is 5.93. The second kappa shape index (κ2) is 8.94. The molecular weight excluding hydrogens is 304 g/mol. The fraction of sp³-hybridized carbons (Fsp3) is 0.444. The average molecular weight is 328 g/mol. The first kappa shape index (κ1) is 17.8. The normalized spacial score (nSPS) is 15.7. The van der Waals surface area contributed by atoms with Crippen LogP contribution in [0.15, 0.2) is 36.0 Å². The highest BCUT2D eigenvalue weighted by Gasteiger charge is 2.18. The second-order valence-electron chi connectivity index (χ2n) is 5.47. The summed E-state index contributed by atoms with van der Waals surface area (Å²) in [6.07, 6.45) is 1.42. The third-order valence-electron chi connectivity index (χ3n) is 4.05. The number of nitriles is 1. The van der Waals surface area contributed by atoms with Crippen LogP contribution in [0.4, 0.5) is 11.4 Å². The molecule has 1 N–H and O–H groups in total. The smallest absolute Gasteiger partial charge is 0.350 e. The van der Waals surface area contributed by atoms with Gasteiger partial charge < -0.3 is 19.9 Å². The number of rotatable bonds is 6. The van der Waals surface area contributed by atoms with Crippen molar-refractivity contribution >= 4 is 17.3 Å². The Morgan fingerprint density at radius 2 is 2.00 bits per heavy atom. The Morgan fingerprint density at radius 3 is 2.62 bits per heavy atom. The first-order valence-electron chi connectivity index (χ1n) is 8.29. The molecule has 0 aliphatic carbocycles. The molecule has 0 saturated carbocycles. The number of esters is 1. The molecule has 1 aliphatic heterocycles. The molecule has 0 unspecified atom stereocenters. The average Bonchev–Trinajstić information content (AvgIpc) is 2.63. The minimum atomic E-state index is -0.610. The second-order valence-corrected chi connectivity index (χ2v) is 5.47. The maximum atomic E-state index is 11.7. The van der Waals surface area contributed by atoms with Crippen LogP contribution in [0.5, 0.6) is 0 Å². The zero-order chi connectivity index (χ0) is 17.4. The molecule has 6 nitrogen and oxygen atoms in total. The number of nitrogens with zero attached hydrogens (tertiary/aromatic N) is 3. The summed E-state index contributed by atoms with van der Waals surface area (Å²) in [5, 5.41) is 12.2. The van der Waals surface area contributed by atoms with E-state index in [1.165, 1.54) is 6.20 Å². The number of benzene rings is 1. The number of ether oxygens (including phenoxy) is 1. The summed E-state index contributed by atoms with van der Waals surface area (Å²) in [5.74, 6) is -0.610. The summed E-state index contributed by atoms with van der Waals surface area (Å²) in [4.78, 5) is 16.4. The van der Waals surface area contributed by atoms with E-state index in [9.17, 15) is 4.79 Å². The van der Waals surface area contributed by atoms with Crippen molar-refractivity contribution in [2.45, 2.75) is 13.8 Å². The zero-order valence-corrected chi connectivity index (χ0v) is 14.3. The Hall–Kier alpha value is -2.52. The van der Waals surface area contributed by atoms with E-state index in [1.807, 2.05) is 30.3 Å². The van der Waals surface area contributed by atoms with E-state index in [-0.39, 0.29) is 12.2 Å². The Kier molecular flexibility index (Phi) is 6.64. The third kappa shape index (κ3) is 4.49. The number of carbonyl (C=O) groups is 1. The molecule has 0 atom stereocenters. The Bertz CT molecular complexity index is 628. The van der Waals surface area contributed by atoms with Gasteiger partial charge in [0.15, 0.2) is 5.57 Å². The van der Waals surface area contributed by atoms with Crippen LogP contribution in [0.2, 0.25) is 0 Å². The van der Waals surface area contributed by atoms with Gasteiger partial charge in [-0.3, -0.25) is 0 Å². The molecule has 1 aromatic carbocycles. The molecule has 1 aromatic rings. The van der Waals surface area contributed by atoms with Crippen LogP contribution in [0.3, 0.4) is 0 Å². The number of anilines is 2. The van der Waals surface area contributed by atoms with Crippen molar-refractivity contribution in [3.8, 4) is 6.07 Å². The maximum Gasteiger partial charge on any atom is 0.350 e. The van der Waals surface area contributed by atoms with Crippen molar-refractivity contribution < 1.29 is 9.53 Å². The van der Waals surface area contributed by atoms with Gasteiger partial charge in [0.25, 0.3) is 0 Å². The summed E-state index contributed by atoms with van der Waals surface area (Å²) in [6, 6.07) is 9.79. The molecule has 1 heterocycles. The van der Waals surface area contributed by atoms with E-state index in [0.29, 0.717) is 0 Å². The first-order valence-corrected chi connectivity index (χ1v) is 8.29. The lowest BCUT2D eigenvalue weighted by atomic mass is 10.2. The van der Waals surface area contributed by atoms with Gasteiger partial charge in [-0.2, -0.15) is 5.26 Å². The largest absolute Gasteiger partial charge is 0.462 e. The van der Waals surface area contributed by atoms with Gasteiger partial charge in [-0.05, 0) is 25.6 Å². The summed E-state index contributed by atoms with van der Waals surface area (Å²) in [5.41, 5.74) is 1.91. The minimum Gasteiger partial charge on any atom is -0.462 e. The predicted octanol–water partition coefficient (Wildman–Crippen LogP) is 2.21. The molecule has 1 aliphatic rings. The number of nitrogens with one attached hydrogen (secondary N) is 1. The van der Waals surface area contributed by atoms with E-state index < -0.39 is 5.97 Å². The lowest BCUT2D eigenvalue weighted by molar-refractivity contribution is -0.138. The standard InChI is InChI=1S/C18H24N4O2/c1-3-21-9-11-22(12-10-21)17-8-6-5-7-16(17)20-14-15(13-19)18(23)24-4-2/h5-8,14,20H,3-4,9-12H2,1-2H3/b15-14+. The quantitative estimate of drug-likeness (QED) is 0.490. The minimum absolute atomic E-state index is 0.0394. The summed E-state index contributed by atoms with van der Waals surface area (Å²) >= 11 is 0. The van der Waals surface area contributed by atoms with Gasteiger partial charge in [0.2, 0.25) is 0 Å². The van der Waals surface area contributed by atoms with E-state index in [4.69, 9.17) is 10.00 Å². The van der Waals surface area contributed by atoms with Gasteiger partial charge in [-0.1, -0.05) is 19.1 Å². The topological polar surface area (TPSA) is 68.6 Å². The molecule has 2 rings (SSSR count). The molecule has 24 heavy (non-hydrogen) atoms. The molecule has 128 valence electrons. The van der Waals surface area contributed by atoms with Crippen LogP contribution in [-0.2, 0) is 9.53 Å². The van der Waals surface area contributed by atoms with Crippen molar-refractivity contribution in [2.24, 2.45) is 0 Å². The molecule has 1 saturated heterocycles. The maximum absolute atomic E-state index is 11.7. The lowest BCUT2D eigenvalue weighted by Crippen LogP contribution is -2.46. The van der Waals surface area contributed by atoms with Gasteiger partial charge in [0.1, 0.15) is 6.07 Å². The third-order valence-corrected chi connectivity index (χ3v) is 4.05. The van der Waals surface area contributed by atoms with E-state index in [0.717, 1.165) is 44.1 Å². The van der Waals surface area contributed by atoms with Gasteiger partial charge in [0, 0.05) is 32.4 Å². The molecule has 0 spiro atoms. The van der Waals surface area contributed by atoms with Crippen molar-refractivity contribution in [3.63, 3.8) is 0 Å². The van der Waals surface area contributed by atoms with Crippen LogP contribution in [0.1, 0.15) is 13.8 Å². The Labute approximate surface area is 143 Å². The van der Waals surface area contributed by atoms with Gasteiger partial charge in [-0.25, -0.2) is 4.79 Å². The van der Waals surface area contributed by atoms with Crippen molar-refractivity contribution in [1.82, 2.24) is 4.90 Å². The molecular formula is C18H24N4O2. The summed E-state index contributed by atoms with van der Waals surface area (Å²) in [6.45, 7) is 9.19. The number of carbonyl (C=O) groups excluding carboxylic acids is 1. The van der Waals surface area contributed by atoms with E-state index >= 15 is 0 Å². The fourth-order valence-electron chi connectivity index (χ4n) is 2.67. The van der Waals surface area contributed by atoms with E-state index in [2.05, 4.69) is 22.0 Å². The highest BCUT2D eigenvalue weighted by atomic mass is 16.5. The first-order chi connectivity index (χ1) is 11.7. The summed E-state index contributed by atoms with van der Waals surface area (Å²) < 4.78 is 4.87. The van der Waals surface area contributed by atoms with Crippen molar-refractivity contribution in [1.29, 1.82) is 5.26 Å². The van der Waals surface area contributed by atoms with Gasteiger partial charge in [-0.15, -0.1) is 0 Å². The molecule has 6 heteroatoms. The molecule has 0 bridgehead atoms. The Morgan fingerprint density at radius 1 is 1.29 bits per heavy atom. The predicted molar refractivity (Wildman–Crippen MR) is 94.7 cm³/mol. The molecule has 0 amide bonds. The van der Waals surface area contributed by atoms with Crippen LogP contribution in [-0.4, -0.2) is 50.2 Å². The van der Waals surface area contributed by atoms with Crippen LogP contribution >= 0.6 is 0 Å². The zero-order valence-electron chi connectivity index (χ0n) is 14.3.